The highest BCUT2D eigenvalue weighted by atomic mass is 16.2. The fraction of sp³-hybridized carbons (Fsp3) is 0.643. The second-order valence-electron chi connectivity index (χ2n) is 5.28. The monoisotopic (exact) mass is 278 g/mol. The predicted octanol–water partition coefficient (Wildman–Crippen LogP) is -0.0302. The molecule has 6 nitrogen and oxygen atoms in total. The molecular weight excluding hydrogens is 256 g/mol. The number of carbonyl (C=O) groups excluding carboxylic acids is 1. The molecule has 1 aromatic heterocycles. The molecule has 0 unspecified atom stereocenters. The third-order valence-electron chi connectivity index (χ3n) is 3.60. The van der Waals surface area contributed by atoms with Crippen LogP contribution in [0.2, 0.25) is 0 Å². The van der Waals surface area contributed by atoms with Crippen molar-refractivity contribution >= 4 is 5.91 Å². The lowest BCUT2D eigenvalue weighted by Crippen LogP contribution is -2.48. The largest absolute Gasteiger partial charge is 0.339 e. The van der Waals surface area contributed by atoms with E-state index in [1.165, 1.54) is 17.0 Å². The standard InChI is InChI=1S/C14H22N4O2/c1-3-4-12-9-13(19)18(11-15-12)10-14(20)17-7-5-16(2)6-8-17/h9,11H,3-8,10H2,1-2H3. The fourth-order valence-corrected chi connectivity index (χ4v) is 2.28. The Balaban J connectivity index is 1.99. The van der Waals surface area contributed by atoms with Crippen LogP contribution in [-0.4, -0.2) is 58.5 Å². The molecule has 0 aromatic carbocycles. The van der Waals surface area contributed by atoms with E-state index in [9.17, 15) is 9.59 Å². The van der Waals surface area contributed by atoms with Crippen LogP contribution in [0.3, 0.4) is 0 Å². The Morgan fingerprint density at radius 1 is 1.30 bits per heavy atom. The first kappa shape index (κ1) is 14.7. The van der Waals surface area contributed by atoms with Crippen molar-refractivity contribution in [3.63, 3.8) is 0 Å². The lowest BCUT2D eigenvalue weighted by Gasteiger charge is -2.32. The van der Waals surface area contributed by atoms with E-state index in [0.29, 0.717) is 0 Å². The van der Waals surface area contributed by atoms with Gasteiger partial charge in [0, 0.05) is 37.9 Å². The zero-order chi connectivity index (χ0) is 14.5. The Kier molecular flexibility index (Phi) is 4.89. The van der Waals surface area contributed by atoms with Gasteiger partial charge < -0.3 is 9.80 Å². The van der Waals surface area contributed by atoms with Crippen LogP contribution in [0.1, 0.15) is 19.0 Å². The van der Waals surface area contributed by atoms with Crippen LogP contribution in [0.5, 0.6) is 0 Å². The van der Waals surface area contributed by atoms with Crippen LogP contribution in [0, 0.1) is 0 Å². The van der Waals surface area contributed by atoms with Gasteiger partial charge in [0.15, 0.2) is 0 Å². The molecule has 1 aliphatic heterocycles. The number of piperazine rings is 1. The van der Waals surface area contributed by atoms with E-state index in [1.807, 2.05) is 18.9 Å². The van der Waals surface area contributed by atoms with Crippen molar-refractivity contribution in [2.75, 3.05) is 33.2 Å². The highest BCUT2D eigenvalue weighted by Crippen LogP contribution is 2.01. The second kappa shape index (κ2) is 6.65. The van der Waals surface area contributed by atoms with Crippen molar-refractivity contribution in [3.05, 3.63) is 28.4 Å². The number of carbonyl (C=O) groups is 1. The first-order valence-corrected chi connectivity index (χ1v) is 7.12. The Hall–Kier alpha value is -1.69. The molecule has 2 heterocycles. The maximum Gasteiger partial charge on any atom is 0.253 e. The van der Waals surface area contributed by atoms with Gasteiger partial charge in [-0.05, 0) is 13.5 Å². The number of likely N-dealkylation sites (N-methyl/N-ethyl adjacent to an activating group) is 1. The summed E-state index contributed by atoms with van der Waals surface area (Å²) in [4.78, 5) is 32.3. The molecule has 0 aliphatic carbocycles. The number of hydrogen-bond donors (Lipinski definition) is 0. The lowest BCUT2D eigenvalue weighted by molar-refractivity contribution is -0.133. The van der Waals surface area contributed by atoms with E-state index in [1.54, 1.807) is 0 Å². The first-order valence-electron chi connectivity index (χ1n) is 7.12. The number of amides is 1. The molecule has 1 amide bonds. The summed E-state index contributed by atoms with van der Waals surface area (Å²) in [5, 5.41) is 0. The van der Waals surface area contributed by atoms with E-state index in [0.717, 1.165) is 44.7 Å². The maximum absolute atomic E-state index is 12.2. The van der Waals surface area contributed by atoms with Crippen molar-refractivity contribution in [3.8, 4) is 0 Å². The van der Waals surface area contributed by atoms with Crippen LogP contribution < -0.4 is 5.56 Å². The number of hydrogen-bond acceptors (Lipinski definition) is 4. The van der Waals surface area contributed by atoms with Gasteiger partial charge in [-0.2, -0.15) is 0 Å². The van der Waals surface area contributed by atoms with Gasteiger partial charge in [0.05, 0.1) is 6.33 Å². The minimum absolute atomic E-state index is 0.00904. The average molecular weight is 278 g/mol. The summed E-state index contributed by atoms with van der Waals surface area (Å²) in [6.45, 7) is 5.35. The van der Waals surface area contributed by atoms with Crippen molar-refractivity contribution in [1.29, 1.82) is 0 Å². The minimum Gasteiger partial charge on any atom is -0.339 e. The topological polar surface area (TPSA) is 58.4 Å². The second-order valence-corrected chi connectivity index (χ2v) is 5.28. The summed E-state index contributed by atoms with van der Waals surface area (Å²) in [5.41, 5.74) is 0.645. The van der Waals surface area contributed by atoms with Crippen molar-refractivity contribution in [2.45, 2.75) is 26.3 Å². The lowest BCUT2D eigenvalue weighted by atomic mass is 10.2. The van der Waals surface area contributed by atoms with Crippen LogP contribution >= 0.6 is 0 Å². The molecule has 0 spiro atoms. The van der Waals surface area contributed by atoms with E-state index in [2.05, 4.69) is 9.88 Å². The summed E-state index contributed by atoms with van der Waals surface area (Å²) in [5.74, 6) is -0.00904. The number of nitrogens with zero attached hydrogens (tertiary/aromatic N) is 4. The summed E-state index contributed by atoms with van der Waals surface area (Å²) in [6.07, 6.45) is 3.24. The minimum atomic E-state index is -0.147. The molecule has 110 valence electrons. The number of aryl methyl sites for hydroxylation is 1. The number of rotatable bonds is 4. The molecule has 1 aromatic rings. The fourth-order valence-electron chi connectivity index (χ4n) is 2.28. The summed E-state index contributed by atoms with van der Waals surface area (Å²) < 4.78 is 1.39. The van der Waals surface area contributed by atoms with Gasteiger partial charge in [-0.1, -0.05) is 13.3 Å². The van der Waals surface area contributed by atoms with Crippen LogP contribution in [0.4, 0.5) is 0 Å². The Morgan fingerprint density at radius 2 is 2.00 bits per heavy atom. The Morgan fingerprint density at radius 3 is 2.60 bits per heavy atom. The molecule has 0 atom stereocenters. The molecule has 1 fully saturated rings. The normalized spacial score (nSPS) is 16.4. The zero-order valence-corrected chi connectivity index (χ0v) is 12.2. The van der Waals surface area contributed by atoms with Gasteiger partial charge in [-0.3, -0.25) is 14.2 Å². The molecule has 1 aliphatic rings. The van der Waals surface area contributed by atoms with Gasteiger partial charge in [-0.15, -0.1) is 0 Å². The Bertz CT molecular complexity index is 518. The molecule has 0 bridgehead atoms. The smallest absolute Gasteiger partial charge is 0.253 e. The van der Waals surface area contributed by atoms with Crippen LogP contribution in [0.15, 0.2) is 17.2 Å². The van der Waals surface area contributed by atoms with E-state index in [4.69, 9.17) is 0 Å². The Labute approximate surface area is 119 Å². The predicted molar refractivity (Wildman–Crippen MR) is 76.6 cm³/mol. The molecular formula is C14H22N4O2. The summed E-state index contributed by atoms with van der Waals surface area (Å²) >= 11 is 0. The molecule has 0 N–H and O–H groups in total. The maximum atomic E-state index is 12.2. The van der Waals surface area contributed by atoms with Gasteiger partial charge in [0.25, 0.3) is 5.56 Å². The van der Waals surface area contributed by atoms with E-state index in [-0.39, 0.29) is 18.0 Å². The van der Waals surface area contributed by atoms with Crippen LogP contribution in [-0.2, 0) is 17.8 Å². The van der Waals surface area contributed by atoms with E-state index >= 15 is 0 Å². The summed E-state index contributed by atoms with van der Waals surface area (Å²) in [7, 11) is 2.04. The molecule has 0 saturated carbocycles. The molecule has 6 heteroatoms. The zero-order valence-electron chi connectivity index (χ0n) is 12.2. The summed E-state index contributed by atoms with van der Waals surface area (Å²) in [6, 6.07) is 1.53. The van der Waals surface area contributed by atoms with Gasteiger partial charge in [-0.25, -0.2) is 4.98 Å². The van der Waals surface area contributed by atoms with E-state index < -0.39 is 0 Å². The van der Waals surface area contributed by atoms with Gasteiger partial charge in [0.1, 0.15) is 6.54 Å². The quantitative estimate of drug-likeness (QED) is 0.776. The van der Waals surface area contributed by atoms with Gasteiger partial charge >= 0.3 is 0 Å². The number of aromatic nitrogens is 2. The molecule has 0 radical (unpaired) electrons. The van der Waals surface area contributed by atoms with Gasteiger partial charge in [0.2, 0.25) is 5.91 Å². The molecule has 2 rings (SSSR count). The molecule has 1 saturated heterocycles. The third-order valence-corrected chi connectivity index (χ3v) is 3.60. The van der Waals surface area contributed by atoms with Crippen molar-refractivity contribution in [1.82, 2.24) is 19.4 Å². The highest BCUT2D eigenvalue weighted by molar-refractivity contribution is 5.76. The average Bonchev–Trinajstić information content (AvgIpc) is 2.43. The van der Waals surface area contributed by atoms with Crippen molar-refractivity contribution in [2.24, 2.45) is 0 Å². The SMILES string of the molecule is CCCc1cc(=O)n(CC(=O)N2CCN(C)CC2)cn1. The highest BCUT2D eigenvalue weighted by Gasteiger charge is 2.19. The first-order chi connectivity index (χ1) is 9.60. The molecule has 20 heavy (non-hydrogen) atoms. The third kappa shape index (κ3) is 3.66. The van der Waals surface area contributed by atoms with Crippen LogP contribution in [0.25, 0.3) is 0 Å². The van der Waals surface area contributed by atoms with Crippen molar-refractivity contribution < 1.29 is 4.79 Å².